The lowest BCUT2D eigenvalue weighted by atomic mass is 10.1. The van der Waals surface area contributed by atoms with E-state index in [0.29, 0.717) is 6.54 Å². The van der Waals surface area contributed by atoms with E-state index in [2.05, 4.69) is 0 Å². The predicted octanol–water partition coefficient (Wildman–Crippen LogP) is 1.96. The number of nitrogens with zero attached hydrogens (tertiary/aromatic N) is 1. The summed E-state index contributed by atoms with van der Waals surface area (Å²) >= 11 is 0. The first-order valence-electron chi connectivity index (χ1n) is 6.04. The highest BCUT2D eigenvalue weighted by Crippen LogP contribution is 2.28. The number of methoxy groups -OCH3 is 1. The Labute approximate surface area is 109 Å². The minimum Gasteiger partial charge on any atom is -0.469 e. The predicted molar refractivity (Wildman–Crippen MR) is 68.7 cm³/mol. The zero-order valence-electron chi connectivity index (χ0n) is 10.5. The summed E-state index contributed by atoms with van der Waals surface area (Å²) in [4.78, 5) is 25.1. The summed E-state index contributed by atoms with van der Waals surface area (Å²) in [5, 5.41) is 0.937. The first-order valence-corrected chi connectivity index (χ1v) is 6.04. The van der Waals surface area contributed by atoms with Gasteiger partial charge in [0.2, 0.25) is 5.91 Å². The first-order chi connectivity index (χ1) is 9.19. The monoisotopic (exact) mass is 259 g/mol. The third-order valence-corrected chi connectivity index (χ3v) is 3.41. The zero-order valence-corrected chi connectivity index (χ0v) is 10.5. The number of amides is 1. The first kappa shape index (κ1) is 11.8. The fourth-order valence-corrected chi connectivity index (χ4v) is 2.40. The second kappa shape index (κ2) is 4.42. The highest BCUT2D eigenvalue weighted by Gasteiger charge is 2.35. The summed E-state index contributed by atoms with van der Waals surface area (Å²) in [6.07, 6.45) is 1.81. The maximum absolute atomic E-state index is 12.0. The van der Waals surface area contributed by atoms with E-state index in [-0.39, 0.29) is 24.2 Å². The number of ether oxygens (including phenoxy) is 1. The van der Waals surface area contributed by atoms with Gasteiger partial charge in [-0.05, 0) is 24.3 Å². The third-order valence-electron chi connectivity index (χ3n) is 3.41. The fourth-order valence-electron chi connectivity index (χ4n) is 2.40. The molecule has 2 heterocycles. The summed E-state index contributed by atoms with van der Waals surface area (Å²) < 4.78 is 9.95. The van der Waals surface area contributed by atoms with Gasteiger partial charge in [0.05, 0.1) is 19.3 Å². The van der Waals surface area contributed by atoms with E-state index in [1.165, 1.54) is 7.11 Å². The van der Waals surface area contributed by atoms with Crippen LogP contribution in [0.4, 0.5) is 5.69 Å². The number of furan rings is 1. The van der Waals surface area contributed by atoms with Crippen LogP contribution in [0.25, 0.3) is 11.0 Å². The van der Waals surface area contributed by atoms with Crippen LogP contribution in [0.5, 0.6) is 0 Å². The number of esters is 1. The Hall–Kier alpha value is -2.30. The number of carbonyl (C=O) groups excluding carboxylic acids is 2. The van der Waals surface area contributed by atoms with Crippen LogP contribution in [0, 0.1) is 5.92 Å². The van der Waals surface area contributed by atoms with Crippen LogP contribution in [0.1, 0.15) is 6.42 Å². The highest BCUT2D eigenvalue weighted by atomic mass is 16.5. The lowest BCUT2D eigenvalue weighted by Crippen LogP contribution is -2.26. The summed E-state index contributed by atoms with van der Waals surface area (Å²) in [5.74, 6) is -0.768. The molecule has 98 valence electrons. The molecule has 5 nitrogen and oxygen atoms in total. The molecule has 1 amide bonds. The van der Waals surface area contributed by atoms with Crippen molar-refractivity contribution < 1.29 is 18.7 Å². The van der Waals surface area contributed by atoms with Gasteiger partial charge < -0.3 is 14.1 Å². The molecule has 0 aliphatic carbocycles. The van der Waals surface area contributed by atoms with Crippen molar-refractivity contribution in [2.45, 2.75) is 6.42 Å². The van der Waals surface area contributed by atoms with Crippen LogP contribution in [-0.2, 0) is 14.3 Å². The Balaban J connectivity index is 1.89. The van der Waals surface area contributed by atoms with Crippen LogP contribution < -0.4 is 4.90 Å². The molecule has 0 radical (unpaired) electrons. The number of carbonyl (C=O) groups is 2. The van der Waals surface area contributed by atoms with E-state index in [1.54, 1.807) is 11.2 Å². The number of rotatable bonds is 2. The molecule has 5 heteroatoms. The van der Waals surface area contributed by atoms with Crippen molar-refractivity contribution in [3.8, 4) is 0 Å². The second-order valence-corrected chi connectivity index (χ2v) is 4.57. The van der Waals surface area contributed by atoms with Crippen molar-refractivity contribution in [2.75, 3.05) is 18.6 Å². The van der Waals surface area contributed by atoms with Gasteiger partial charge in [0.25, 0.3) is 0 Å². The number of benzene rings is 1. The Bertz CT molecular complexity index is 646. The van der Waals surface area contributed by atoms with Gasteiger partial charge in [-0.1, -0.05) is 0 Å². The number of hydrogen-bond acceptors (Lipinski definition) is 4. The van der Waals surface area contributed by atoms with Gasteiger partial charge in [-0.25, -0.2) is 0 Å². The van der Waals surface area contributed by atoms with Gasteiger partial charge in [-0.2, -0.15) is 0 Å². The van der Waals surface area contributed by atoms with Crippen LogP contribution in [0.3, 0.4) is 0 Å². The molecule has 1 unspecified atom stereocenters. The van der Waals surface area contributed by atoms with Gasteiger partial charge >= 0.3 is 5.97 Å². The maximum Gasteiger partial charge on any atom is 0.311 e. The molecule has 1 aliphatic heterocycles. The molecule has 2 aromatic rings. The van der Waals surface area contributed by atoms with Crippen LogP contribution in [0.15, 0.2) is 34.9 Å². The number of hydrogen-bond donors (Lipinski definition) is 0. The molecular formula is C14H13NO4. The lowest BCUT2D eigenvalue weighted by molar-refractivity contribution is -0.145. The van der Waals surface area contributed by atoms with Gasteiger partial charge in [0.15, 0.2) is 0 Å². The van der Waals surface area contributed by atoms with Crippen LogP contribution in [-0.4, -0.2) is 25.5 Å². The molecule has 3 rings (SSSR count). The zero-order chi connectivity index (χ0) is 13.4. The van der Waals surface area contributed by atoms with E-state index in [1.807, 2.05) is 24.3 Å². The maximum atomic E-state index is 12.0. The van der Waals surface area contributed by atoms with E-state index in [9.17, 15) is 9.59 Å². The SMILES string of the molecule is COC(=O)C1CC(=O)N(c2ccc3occc3c2)C1. The minimum absolute atomic E-state index is 0.0572. The molecule has 1 fully saturated rings. The molecule has 1 aromatic heterocycles. The summed E-state index contributed by atoms with van der Waals surface area (Å²) in [6, 6.07) is 7.38. The Kier molecular flexibility index (Phi) is 2.74. The normalized spacial score (nSPS) is 19.1. The van der Waals surface area contributed by atoms with Gasteiger partial charge in [-0.15, -0.1) is 0 Å². The van der Waals surface area contributed by atoms with Crippen molar-refractivity contribution in [3.05, 3.63) is 30.5 Å². The molecule has 19 heavy (non-hydrogen) atoms. The number of anilines is 1. The minimum atomic E-state index is -0.377. The Morgan fingerprint density at radius 3 is 3.05 bits per heavy atom. The lowest BCUT2D eigenvalue weighted by Gasteiger charge is -2.16. The second-order valence-electron chi connectivity index (χ2n) is 4.57. The van der Waals surface area contributed by atoms with E-state index in [4.69, 9.17) is 9.15 Å². The fraction of sp³-hybridized carbons (Fsp3) is 0.286. The summed E-state index contributed by atoms with van der Waals surface area (Å²) in [6.45, 7) is 0.370. The van der Waals surface area contributed by atoms with Crippen molar-refractivity contribution in [1.82, 2.24) is 0 Å². The van der Waals surface area contributed by atoms with E-state index >= 15 is 0 Å². The van der Waals surface area contributed by atoms with Gasteiger partial charge in [0, 0.05) is 24.0 Å². The van der Waals surface area contributed by atoms with Crippen molar-refractivity contribution in [2.24, 2.45) is 5.92 Å². The Morgan fingerprint density at radius 1 is 1.42 bits per heavy atom. The molecule has 0 spiro atoms. The standard InChI is InChI=1S/C14H13NO4/c1-18-14(17)10-7-13(16)15(8-10)11-2-3-12-9(6-11)4-5-19-12/h2-6,10H,7-8H2,1H3. The summed E-state index contributed by atoms with van der Waals surface area (Å²) in [5.41, 5.74) is 1.56. The highest BCUT2D eigenvalue weighted by molar-refractivity contribution is 6.00. The van der Waals surface area contributed by atoms with Crippen LogP contribution >= 0.6 is 0 Å². The third kappa shape index (κ3) is 1.97. The molecule has 0 bridgehead atoms. The largest absolute Gasteiger partial charge is 0.469 e. The quantitative estimate of drug-likeness (QED) is 0.773. The average Bonchev–Trinajstić information content (AvgIpc) is 3.03. The molecule has 0 saturated carbocycles. The average molecular weight is 259 g/mol. The van der Waals surface area contributed by atoms with E-state index < -0.39 is 0 Å². The van der Waals surface area contributed by atoms with Gasteiger partial charge in [0.1, 0.15) is 5.58 Å². The molecular weight excluding hydrogens is 246 g/mol. The molecule has 1 saturated heterocycles. The van der Waals surface area contributed by atoms with Crippen molar-refractivity contribution in [1.29, 1.82) is 0 Å². The Morgan fingerprint density at radius 2 is 2.26 bits per heavy atom. The van der Waals surface area contributed by atoms with Crippen LogP contribution in [0.2, 0.25) is 0 Å². The van der Waals surface area contributed by atoms with Crippen molar-refractivity contribution in [3.63, 3.8) is 0 Å². The topological polar surface area (TPSA) is 59.8 Å². The molecule has 1 aromatic carbocycles. The smallest absolute Gasteiger partial charge is 0.311 e. The molecule has 1 aliphatic rings. The molecule has 0 N–H and O–H groups in total. The number of fused-ring (bicyclic) bond motifs is 1. The van der Waals surface area contributed by atoms with Crippen molar-refractivity contribution >= 4 is 28.5 Å². The summed E-state index contributed by atoms with van der Waals surface area (Å²) in [7, 11) is 1.34. The van der Waals surface area contributed by atoms with E-state index in [0.717, 1.165) is 16.7 Å². The molecule has 1 atom stereocenters. The van der Waals surface area contributed by atoms with Gasteiger partial charge in [-0.3, -0.25) is 9.59 Å².